The second-order valence-electron chi connectivity index (χ2n) is 13.4. The Morgan fingerprint density at radius 3 is 1.46 bits per heavy atom. The maximum atomic E-state index is 13.1. The average molecular weight is 839 g/mol. The van der Waals surface area contributed by atoms with Crippen LogP contribution < -0.4 is 19.3 Å². The van der Waals surface area contributed by atoms with E-state index in [0.717, 1.165) is 83.8 Å². The number of carbonyl (C=O) groups excluding carboxylic acids is 2. The zero-order valence-electron chi connectivity index (χ0n) is 32.0. The van der Waals surface area contributed by atoms with E-state index >= 15 is 0 Å². The molecular formula is C46H52Cl4N2O4. The Morgan fingerprint density at radius 2 is 1.00 bits per heavy atom. The molecule has 0 atom stereocenters. The highest BCUT2D eigenvalue weighted by molar-refractivity contribution is 6.19. The SMILES string of the molecule is C=CCc1ccc(OC(=O)CCCc2ccc(N(CCCl)CCCl)cc2)c(-c2ccc(OC(=O)CCCc3ccc(N(CCCl)CCCl)cc3)c(CC=C)c2)c1. The number of allylic oxidation sites excluding steroid dienone is 2. The molecule has 4 rings (SSSR count). The topological polar surface area (TPSA) is 59.1 Å². The zero-order valence-corrected chi connectivity index (χ0v) is 35.0. The van der Waals surface area contributed by atoms with Crippen LogP contribution in [-0.2, 0) is 35.3 Å². The molecule has 0 heterocycles. The highest BCUT2D eigenvalue weighted by Crippen LogP contribution is 2.35. The number of hydrogen-bond acceptors (Lipinski definition) is 6. The summed E-state index contributed by atoms with van der Waals surface area (Å²) in [5.74, 6) is 2.47. The van der Waals surface area contributed by atoms with E-state index in [-0.39, 0.29) is 24.8 Å². The van der Waals surface area contributed by atoms with Crippen molar-refractivity contribution < 1.29 is 19.1 Å². The third kappa shape index (κ3) is 14.2. The van der Waals surface area contributed by atoms with Crippen molar-refractivity contribution in [2.45, 2.75) is 51.4 Å². The number of nitrogens with zero attached hydrogens (tertiary/aromatic N) is 2. The van der Waals surface area contributed by atoms with Crippen LogP contribution in [0, 0.1) is 0 Å². The molecule has 298 valence electrons. The van der Waals surface area contributed by atoms with Crippen molar-refractivity contribution in [2.24, 2.45) is 0 Å². The van der Waals surface area contributed by atoms with Crippen LogP contribution in [0.5, 0.6) is 11.5 Å². The summed E-state index contributed by atoms with van der Waals surface area (Å²) in [6.07, 6.45) is 8.11. The van der Waals surface area contributed by atoms with Crippen LogP contribution in [0.1, 0.15) is 47.9 Å². The number of halogens is 4. The Bertz CT molecular complexity index is 1840. The number of alkyl halides is 4. The van der Waals surface area contributed by atoms with Crippen molar-refractivity contribution in [3.63, 3.8) is 0 Å². The molecule has 0 aromatic heterocycles. The molecule has 56 heavy (non-hydrogen) atoms. The molecule has 0 bridgehead atoms. The van der Waals surface area contributed by atoms with Gasteiger partial charge in [-0.2, -0.15) is 0 Å². The summed E-state index contributed by atoms with van der Waals surface area (Å²) in [4.78, 5) is 30.5. The van der Waals surface area contributed by atoms with Crippen molar-refractivity contribution in [1.29, 1.82) is 0 Å². The molecule has 4 aromatic carbocycles. The van der Waals surface area contributed by atoms with Crippen molar-refractivity contribution in [3.05, 3.63) is 132 Å². The molecule has 0 amide bonds. The standard InChI is InChI=1S/C46H52Cl4N2O4/c1-3-7-37-17-23-44(56-46(54)12-6-10-36-15-21-41(22-16-36)52(31-27-49)32-28-50)42(33-37)38-18-24-43(39(34-38)8-4-2)55-45(53)11-5-9-35-13-19-40(20-14-35)51(29-25-47)30-26-48/h3-4,13-24,33-34H,1-2,5-12,25-32H2. The Hall–Kier alpha value is -3.94. The highest BCUT2D eigenvalue weighted by Gasteiger charge is 2.16. The van der Waals surface area contributed by atoms with E-state index in [2.05, 4.69) is 71.5 Å². The Morgan fingerprint density at radius 1 is 0.554 bits per heavy atom. The average Bonchev–Trinajstić information content (AvgIpc) is 3.20. The molecule has 4 aromatic rings. The first kappa shape index (κ1) is 44.8. The van der Waals surface area contributed by atoms with Gasteiger partial charge >= 0.3 is 11.9 Å². The Kier molecular flexibility index (Phi) is 19.7. The molecule has 0 aliphatic heterocycles. The first-order chi connectivity index (χ1) is 27.3. The smallest absolute Gasteiger partial charge is 0.311 e. The van der Waals surface area contributed by atoms with Gasteiger partial charge in [-0.1, -0.05) is 48.6 Å². The van der Waals surface area contributed by atoms with Crippen LogP contribution in [-0.4, -0.2) is 61.6 Å². The molecule has 0 aliphatic carbocycles. The maximum Gasteiger partial charge on any atom is 0.311 e. The normalized spacial score (nSPS) is 10.9. The summed E-state index contributed by atoms with van der Waals surface area (Å²) in [6.45, 7) is 10.7. The third-order valence-corrected chi connectivity index (χ3v) is 10.00. The summed E-state index contributed by atoms with van der Waals surface area (Å²) < 4.78 is 11.9. The number of ether oxygens (including phenoxy) is 2. The monoisotopic (exact) mass is 836 g/mol. The number of carbonyl (C=O) groups is 2. The van der Waals surface area contributed by atoms with Gasteiger partial charge in [0.1, 0.15) is 11.5 Å². The molecule has 0 aliphatic rings. The lowest BCUT2D eigenvalue weighted by Crippen LogP contribution is -2.27. The fourth-order valence-electron chi connectivity index (χ4n) is 6.46. The minimum Gasteiger partial charge on any atom is -0.426 e. The number of benzene rings is 4. The van der Waals surface area contributed by atoms with E-state index in [9.17, 15) is 9.59 Å². The molecule has 0 saturated heterocycles. The second-order valence-corrected chi connectivity index (χ2v) is 14.9. The first-order valence-corrected chi connectivity index (χ1v) is 21.3. The lowest BCUT2D eigenvalue weighted by molar-refractivity contribution is -0.135. The lowest BCUT2D eigenvalue weighted by atomic mass is 9.97. The van der Waals surface area contributed by atoms with Crippen LogP contribution in [0.15, 0.2) is 110 Å². The third-order valence-electron chi connectivity index (χ3n) is 9.32. The van der Waals surface area contributed by atoms with E-state index in [1.807, 2.05) is 36.4 Å². The molecule has 10 heteroatoms. The molecule has 0 fully saturated rings. The lowest BCUT2D eigenvalue weighted by Gasteiger charge is -2.23. The number of anilines is 2. The van der Waals surface area contributed by atoms with Gasteiger partial charge in [0.25, 0.3) is 0 Å². The number of rotatable bonds is 25. The predicted octanol–water partition coefficient (Wildman–Crippen LogP) is 11.2. The number of aryl methyl sites for hydroxylation is 2. The van der Waals surface area contributed by atoms with Crippen LogP contribution in [0.25, 0.3) is 11.1 Å². The van der Waals surface area contributed by atoms with Crippen molar-refractivity contribution in [2.75, 3.05) is 59.5 Å². The predicted molar refractivity (Wildman–Crippen MR) is 237 cm³/mol. The van der Waals surface area contributed by atoms with Crippen LogP contribution in [0.2, 0.25) is 0 Å². The zero-order chi connectivity index (χ0) is 40.1. The van der Waals surface area contributed by atoms with Gasteiger partial charge in [0.2, 0.25) is 0 Å². The summed E-state index contributed by atoms with van der Waals surface area (Å²) in [6, 6.07) is 28.1. The minimum absolute atomic E-state index is 0.268. The van der Waals surface area contributed by atoms with E-state index in [4.69, 9.17) is 55.9 Å². The number of hydrogen-bond donors (Lipinski definition) is 0. The maximum absolute atomic E-state index is 13.1. The quantitative estimate of drug-likeness (QED) is 0.0287. The van der Waals surface area contributed by atoms with Crippen molar-refractivity contribution in [3.8, 4) is 22.6 Å². The molecule has 6 nitrogen and oxygen atoms in total. The van der Waals surface area contributed by atoms with Crippen LogP contribution >= 0.6 is 46.4 Å². The van der Waals surface area contributed by atoms with Gasteiger partial charge in [-0.15, -0.1) is 59.6 Å². The fourth-order valence-corrected chi connectivity index (χ4v) is 7.28. The largest absolute Gasteiger partial charge is 0.426 e. The van der Waals surface area contributed by atoms with Gasteiger partial charge in [0, 0.05) is 79.5 Å². The van der Waals surface area contributed by atoms with Gasteiger partial charge < -0.3 is 19.3 Å². The Balaban J connectivity index is 1.38. The minimum atomic E-state index is -0.304. The Labute approximate surface area is 353 Å². The van der Waals surface area contributed by atoms with Crippen molar-refractivity contribution >= 4 is 69.7 Å². The molecule has 0 unspecified atom stereocenters. The molecule has 0 radical (unpaired) electrons. The van der Waals surface area contributed by atoms with Gasteiger partial charge in [-0.05, 0) is 115 Å². The highest BCUT2D eigenvalue weighted by atomic mass is 35.5. The second kappa shape index (κ2) is 24.6. The van der Waals surface area contributed by atoms with Gasteiger partial charge in [-0.25, -0.2) is 0 Å². The molecular weight excluding hydrogens is 786 g/mol. The van der Waals surface area contributed by atoms with Gasteiger partial charge in [0.05, 0.1) is 0 Å². The van der Waals surface area contributed by atoms with Crippen LogP contribution in [0.4, 0.5) is 11.4 Å². The first-order valence-electron chi connectivity index (χ1n) is 19.1. The van der Waals surface area contributed by atoms with Gasteiger partial charge in [-0.3, -0.25) is 9.59 Å². The molecule has 0 saturated carbocycles. The number of esters is 2. The van der Waals surface area contributed by atoms with E-state index in [1.54, 1.807) is 12.1 Å². The molecule has 0 N–H and O–H groups in total. The van der Waals surface area contributed by atoms with E-state index < -0.39 is 0 Å². The summed E-state index contributed by atoms with van der Waals surface area (Å²) in [5, 5.41) is 0. The summed E-state index contributed by atoms with van der Waals surface area (Å²) >= 11 is 23.9. The summed E-state index contributed by atoms with van der Waals surface area (Å²) in [5.41, 5.74) is 7.90. The van der Waals surface area contributed by atoms with Crippen LogP contribution in [0.3, 0.4) is 0 Å². The molecule has 0 spiro atoms. The fraction of sp³-hybridized carbons (Fsp3) is 0.348. The van der Waals surface area contributed by atoms with Crippen molar-refractivity contribution in [1.82, 2.24) is 0 Å². The van der Waals surface area contributed by atoms with E-state index in [0.29, 0.717) is 60.7 Å². The van der Waals surface area contributed by atoms with E-state index in [1.165, 1.54) is 0 Å². The van der Waals surface area contributed by atoms with Gasteiger partial charge in [0.15, 0.2) is 0 Å². The summed E-state index contributed by atoms with van der Waals surface area (Å²) in [7, 11) is 0.